The summed E-state index contributed by atoms with van der Waals surface area (Å²) in [6.07, 6.45) is 0. The number of H-pyrrole nitrogens is 1. The standard InChI is InChI=1S/C16H17N3O4S/c1-8(2)19-14-12(15(21)18-19)13(24-7-11(20)17-14)9-3-5-10(6-4-9)16(22)23/h3-6,8,13H,7H2,1-2H3,(H,17,20)(H,18,21)(H,22,23). The summed E-state index contributed by atoms with van der Waals surface area (Å²) < 4.78 is 1.65. The Morgan fingerprint density at radius 2 is 1.96 bits per heavy atom. The number of benzene rings is 1. The summed E-state index contributed by atoms with van der Waals surface area (Å²) in [6, 6.07) is 6.37. The average molecular weight is 347 g/mol. The van der Waals surface area contributed by atoms with Crippen LogP contribution in [-0.2, 0) is 4.79 Å². The van der Waals surface area contributed by atoms with Crippen LogP contribution in [0, 0.1) is 0 Å². The third kappa shape index (κ3) is 2.84. The Labute approximate surface area is 142 Å². The van der Waals surface area contributed by atoms with E-state index in [1.165, 1.54) is 23.9 Å². The van der Waals surface area contributed by atoms with Crippen LogP contribution in [-0.4, -0.2) is 32.5 Å². The average Bonchev–Trinajstić information content (AvgIpc) is 2.75. The Hall–Kier alpha value is -2.48. The van der Waals surface area contributed by atoms with Crippen LogP contribution in [0.15, 0.2) is 29.1 Å². The Morgan fingerprint density at radius 3 is 2.54 bits per heavy atom. The maximum Gasteiger partial charge on any atom is 0.335 e. The number of nitrogens with zero attached hydrogens (tertiary/aromatic N) is 1. The van der Waals surface area contributed by atoms with Gasteiger partial charge in [-0.1, -0.05) is 12.1 Å². The highest BCUT2D eigenvalue weighted by atomic mass is 32.2. The molecule has 1 amide bonds. The molecule has 0 saturated heterocycles. The fraction of sp³-hybridized carbons (Fsp3) is 0.312. The lowest BCUT2D eigenvalue weighted by atomic mass is 10.0. The molecule has 0 aliphatic carbocycles. The lowest BCUT2D eigenvalue weighted by molar-refractivity contribution is -0.113. The third-order valence-corrected chi connectivity index (χ3v) is 5.11. The molecule has 7 nitrogen and oxygen atoms in total. The molecule has 0 bridgehead atoms. The van der Waals surface area contributed by atoms with Crippen LogP contribution >= 0.6 is 11.8 Å². The highest BCUT2D eigenvalue weighted by molar-refractivity contribution is 8.00. The highest BCUT2D eigenvalue weighted by Crippen LogP contribution is 2.40. The largest absolute Gasteiger partial charge is 0.478 e. The number of rotatable bonds is 3. The highest BCUT2D eigenvalue weighted by Gasteiger charge is 2.30. The second-order valence-electron chi connectivity index (χ2n) is 5.83. The van der Waals surface area contributed by atoms with E-state index >= 15 is 0 Å². The minimum Gasteiger partial charge on any atom is -0.478 e. The summed E-state index contributed by atoms with van der Waals surface area (Å²) in [5.74, 6) is -0.467. The summed E-state index contributed by atoms with van der Waals surface area (Å²) in [5.41, 5.74) is 1.21. The maximum atomic E-state index is 12.5. The van der Waals surface area contributed by atoms with Crippen LogP contribution in [0.25, 0.3) is 0 Å². The number of aromatic amines is 1. The van der Waals surface area contributed by atoms with Crippen LogP contribution in [0.3, 0.4) is 0 Å². The first-order chi connectivity index (χ1) is 11.4. The number of carboxylic acids is 1. The molecule has 0 fully saturated rings. The van der Waals surface area contributed by atoms with Crippen molar-refractivity contribution in [1.29, 1.82) is 0 Å². The number of thioether (sulfide) groups is 1. The van der Waals surface area contributed by atoms with E-state index in [1.54, 1.807) is 16.8 Å². The van der Waals surface area contributed by atoms with Gasteiger partial charge in [0.2, 0.25) is 5.91 Å². The van der Waals surface area contributed by atoms with Crippen LogP contribution in [0.2, 0.25) is 0 Å². The van der Waals surface area contributed by atoms with Crippen molar-refractivity contribution in [3.63, 3.8) is 0 Å². The minimum absolute atomic E-state index is 0.0140. The summed E-state index contributed by atoms with van der Waals surface area (Å²) >= 11 is 1.35. The van der Waals surface area contributed by atoms with E-state index in [1.807, 2.05) is 13.8 Å². The van der Waals surface area contributed by atoms with Gasteiger partial charge in [-0.15, -0.1) is 11.8 Å². The molecule has 1 atom stereocenters. The van der Waals surface area contributed by atoms with Crippen LogP contribution < -0.4 is 10.9 Å². The molecule has 0 radical (unpaired) electrons. The third-order valence-electron chi connectivity index (χ3n) is 3.84. The summed E-state index contributed by atoms with van der Waals surface area (Å²) in [5, 5.41) is 14.2. The van der Waals surface area contributed by atoms with Crippen molar-refractivity contribution in [3.05, 3.63) is 51.3 Å². The minimum atomic E-state index is -1.00. The van der Waals surface area contributed by atoms with Gasteiger partial charge in [-0.3, -0.25) is 19.4 Å². The second-order valence-corrected chi connectivity index (χ2v) is 6.93. The van der Waals surface area contributed by atoms with Gasteiger partial charge >= 0.3 is 5.97 Å². The number of aromatic nitrogens is 2. The first kappa shape index (κ1) is 16.4. The number of carbonyl (C=O) groups excluding carboxylic acids is 1. The quantitative estimate of drug-likeness (QED) is 0.790. The monoisotopic (exact) mass is 347 g/mol. The molecule has 1 unspecified atom stereocenters. The zero-order valence-corrected chi connectivity index (χ0v) is 14.0. The predicted molar refractivity (Wildman–Crippen MR) is 91.8 cm³/mol. The van der Waals surface area contributed by atoms with Crippen LogP contribution in [0.4, 0.5) is 5.82 Å². The van der Waals surface area contributed by atoms with E-state index < -0.39 is 5.97 Å². The van der Waals surface area contributed by atoms with Gasteiger partial charge in [-0.25, -0.2) is 4.79 Å². The molecular weight excluding hydrogens is 330 g/mol. The van der Waals surface area contributed by atoms with Crippen LogP contribution in [0.5, 0.6) is 0 Å². The van der Waals surface area contributed by atoms with E-state index in [9.17, 15) is 14.4 Å². The van der Waals surface area contributed by atoms with Gasteiger partial charge in [0.15, 0.2) is 0 Å². The van der Waals surface area contributed by atoms with E-state index in [0.717, 1.165) is 5.56 Å². The number of hydrogen-bond donors (Lipinski definition) is 3. The predicted octanol–water partition coefficient (Wildman–Crippen LogP) is 2.23. The Morgan fingerprint density at radius 1 is 1.29 bits per heavy atom. The molecule has 1 aromatic carbocycles. The molecule has 8 heteroatoms. The van der Waals surface area contributed by atoms with Crippen LogP contribution in [0.1, 0.15) is 46.6 Å². The molecule has 0 spiro atoms. The first-order valence-corrected chi connectivity index (χ1v) is 8.52. The Balaban J connectivity index is 2.12. The van der Waals surface area contributed by atoms with Gasteiger partial charge in [-0.05, 0) is 31.5 Å². The van der Waals surface area contributed by atoms with Gasteiger partial charge in [0.1, 0.15) is 5.82 Å². The number of amides is 1. The number of carbonyl (C=O) groups is 2. The van der Waals surface area contributed by atoms with E-state index in [0.29, 0.717) is 11.4 Å². The molecule has 0 saturated carbocycles. The summed E-state index contributed by atoms with van der Waals surface area (Å²) in [7, 11) is 0. The number of aromatic carboxylic acids is 1. The van der Waals surface area contributed by atoms with Crippen molar-refractivity contribution in [2.24, 2.45) is 0 Å². The smallest absolute Gasteiger partial charge is 0.335 e. The Bertz CT molecular complexity index is 851. The van der Waals surface area contributed by atoms with Crippen molar-refractivity contribution < 1.29 is 14.7 Å². The van der Waals surface area contributed by atoms with E-state index in [-0.39, 0.29) is 34.1 Å². The number of anilines is 1. The van der Waals surface area contributed by atoms with Gasteiger partial charge in [-0.2, -0.15) is 0 Å². The molecule has 3 N–H and O–H groups in total. The lowest BCUT2D eigenvalue weighted by Crippen LogP contribution is -2.17. The molecule has 2 heterocycles. The van der Waals surface area contributed by atoms with Crippen molar-refractivity contribution in [2.45, 2.75) is 25.1 Å². The van der Waals surface area contributed by atoms with Gasteiger partial charge in [0.05, 0.1) is 22.1 Å². The topological polar surface area (TPSA) is 104 Å². The molecule has 126 valence electrons. The van der Waals surface area contributed by atoms with Crippen molar-refractivity contribution in [3.8, 4) is 0 Å². The second kappa shape index (κ2) is 6.20. The fourth-order valence-corrected chi connectivity index (χ4v) is 3.82. The molecule has 1 aliphatic heterocycles. The summed E-state index contributed by atoms with van der Waals surface area (Å²) in [6.45, 7) is 3.83. The van der Waals surface area contributed by atoms with E-state index in [4.69, 9.17) is 5.11 Å². The van der Waals surface area contributed by atoms with Crippen molar-refractivity contribution >= 4 is 29.5 Å². The molecule has 1 aromatic heterocycles. The normalized spacial score (nSPS) is 17.3. The van der Waals surface area contributed by atoms with E-state index in [2.05, 4.69) is 10.4 Å². The zero-order chi connectivity index (χ0) is 17.4. The molecular formula is C16H17N3O4S. The number of nitrogens with one attached hydrogen (secondary N) is 2. The first-order valence-electron chi connectivity index (χ1n) is 7.47. The van der Waals surface area contributed by atoms with Gasteiger partial charge < -0.3 is 10.4 Å². The molecule has 1 aliphatic rings. The lowest BCUT2D eigenvalue weighted by Gasteiger charge is -2.15. The molecule has 24 heavy (non-hydrogen) atoms. The van der Waals surface area contributed by atoms with Crippen molar-refractivity contribution in [1.82, 2.24) is 9.78 Å². The molecule has 3 rings (SSSR count). The SMILES string of the molecule is CC(C)n1[nH]c(=O)c2c1NC(=O)CSC2c1ccc(C(=O)O)cc1. The Kier molecular flexibility index (Phi) is 4.23. The number of fused-ring (bicyclic) bond motifs is 1. The zero-order valence-electron chi connectivity index (χ0n) is 13.2. The molecule has 2 aromatic rings. The van der Waals surface area contributed by atoms with Gasteiger partial charge in [0.25, 0.3) is 5.56 Å². The fourth-order valence-electron chi connectivity index (χ4n) is 2.69. The summed E-state index contributed by atoms with van der Waals surface area (Å²) in [4.78, 5) is 35.5. The van der Waals surface area contributed by atoms with Gasteiger partial charge in [0, 0.05) is 6.04 Å². The van der Waals surface area contributed by atoms with Crippen molar-refractivity contribution in [2.75, 3.05) is 11.1 Å². The maximum absolute atomic E-state index is 12.5. The number of hydrogen-bond acceptors (Lipinski definition) is 4. The number of carboxylic acid groups (broad SMARTS) is 1.